The molecule has 0 saturated carbocycles. The molecule has 0 atom stereocenters. The molecule has 2 rings (SSSR count). The van der Waals surface area contributed by atoms with Gasteiger partial charge in [0.2, 0.25) is 5.75 Å². The monoisotopic (exact) mass is 330 g/mol. The minimum atomic E-state index is -0.320. The maximum absolute atomic E-state index is 12.0. The molecule has 126 valence electrons. The van der Waals surface area contributed by atoms with Crippen molar-refractivity contribution in [1.82, 2.24) is 5.43 Å². The van der Waals surface area contributed by atoms with Gasteiger partial charge in [-0.2, -0.15) is 5.10 Å². The van der Waals surface area contributed by atoms with E-state index in [1.807, 2.05) is 12.1 Å². The summed E-state index contributed by atoms with van der Waals surface area (Å²) in [5.41, 5.74) is 8.40. The molecule has 1 amide bonds. The molecule has 7 nitrogen and oxygen atoms in total. The van der Waals surface area contributed by atoms with Gasteiger partial charge >= 0.3 is 0 Å². The fourth-order valence-electron chi connectivity index (χ4n) is 2.04. The second kappa shape index (κ2) is 7.98. The van der Waals surface area contributed by atoms with Gasteiger partial charge in [-0.05, 0) is 24.3 Å². The molecule has 0 aliphatic carbocycles. The molecule has 0 aliphatic rings. The average molecular weight is 330 g/mol. The van der Waals surface area contributed by atoms with Gasteiger partial charge in [0.15, 0.2) is 11.5 Å². The van der Waals surface area contributed by atoms with Gasteiger partial charge < -0.3 is 20.3 Å². The Morgan fingerprint density at radius 2 is 1.79 bits per heavy atom. The van der Waals surface area contributed by atoms with E-state index in [2.05, 4.69) is 16.3 Å². The number of rotatable bonds is 6. The van der Waals surface area contributed by atoms with Gasteiger partial charge in [0.05, 0.1) is 27.0 Å². The zero-order chi connectivity index (χ0) is 17.5. The standard InChI is InChI=1S/C17H19N3O4/c1-23-14-7-12(8-15(24-2)16(14)21)10-19-20-17(22)13-5-3-11(9-18)4-6-13/h3-8,10,21H,9,18H2,1-2H3,(H,20,22)/p+1/b19-10+. The first-order valence-electron chi connectivity index (χ1n) is 7.25. The van der Waals surface area contributed by atoms with Gasteiger partial charge in [-0.15, -0.1) is 0 Å². The molecular formula is C17H20N3O4+. The summed E-state index contributed by atoms with van der Waals surface area (Å²) in [7, 11) is 2.87. The van der Waals surface area contributed by atoms with E-state index in [0.717, 1.165) is 5.56 Å². The van der Waals surface area contributed by atoms with Crippen LogP contribution < -0.4 is 20.6 Å². The Hall–Kier alpha value is -3.06. The summed E-state index contributed by atoms with van der Waals surface area (Å²) in [4.78, 5) is 12.0. The van der Waals surface area contributed by atoms with Crippen molar-refractivity contribution in [3.8, 4) is 17.2 Å². The van der Waals surface area contributed by atoms with Crippen LogP contribution in [0.3, 0.4) is 0 Å². The van der Waals surface area contributed by atoms with E-state index in [1.54, 1.807) is 24.3 Å². The molecule has 0 unspecified atom stereocenters. The first-order chi connectivity index (χ1) is 11.6. The highest BCUT2D eigenvalue weighted by molar-refractivity contribution is 5.95. The third-order valence-corrected chi connectivity index (χ3v) is 3.39. The summed E-state index contributed by atoms with van der Waals surface area (Å²) in [5.74, 6) is 0.100. The number of amides is 1. The van der Waals surface area contributed by atoms with E-state index in [0.29, 0.717) is 17.7 Å². The number of nitrogens with zero attached hydrogens (tertiary/aromatic N) is 1. The highest BCUT2D eigenvalue weighted by Gasteiger charge is 2.10. The number of carbonyl (C=O) groups excluding carboxylic acids is 1. The maximum Gasteiger partial charge on any atom is 0.271 e. The van der Waals surface area contributed by atoms with E-state index in [1.165, 1.54) is 20.4 Å². The number of phenols is 1. The fraction of sp³-hybridized carbons (Fsp3) is 0.176. The number of methoxy groups -OCH3 is 2. The molecule has 0 spiro atoms. The van der Waals surface area contributed by atoms with Crippen LogP contribution in [0.2, 0.25) is 0 Å². The number of nitrogens with one attached hydrogen (secondary N) is 1. The topological polar surface area (TPSA) is 108 Å². The Balaban J connectivity index is 2.09. The van der Waals surface area contributed by atoms with Crippen molar-refractivity contribution in [3.63, 3.8) is 0 Å². The normalized spacial score (nSPS) is 10.6. The van der Waals surface area contributed by atoms with E-state index in [9.17, 15) is 9.90 Å². The molecule has 24 heavy (non-hydrogen) atoms. The molecule has 2 aromatic carbocycles. The SMILES string of the molecule is COc1cc(/C=N/NC(=O)c2ccc(C[NH3+])cc2)cc(OC)c1O. The molecule has 2 aromatic rings. The van der Waals surface area contributed by atoms with Crippen LogP contribution in [0.4, 0.5) is 0 Å². The Morgan fingerprint density at radius 3 is 2.29 bits per heavy atom. The van der Waals surface area contributed by atoms with Crippen molar-refractivity contribution in [3.05, 3.63) is 53.1 Å². The Morgan fingerprint density at radius 1 is 1.21 bits per heavy atom. The van der Waals surface area contributed by atoms with Crippen molar-refractivity contribution >= 4 is 12.1 Å². The molecule has 0 radical (unpaired) electrons. The third kappa shape index (κ3) is 4.02. The van der Waals surface area contributed by atoms with Gasteiger partial charge in [0.25, 0.3) is 5.91 Å². The lowest BCUT2D eigenvalue weighted by molar-refractivity contribution is -0.386. The van der Waals surface area contributed by atoms with Gasteiger partial charge in [-0.3, -0.25) is 4.79 Å². The number of ether oxygens (including phenoxy) is 2. The number of hydrogen-bond acceptors (Lipinski definition) is 5. The molecule has 0 saturated heterocycles. The summed E-state index contributed by atoms with van der Waals surface area (Å²) in [5, 5.41) is 13.8. The van der Waals surface area contributed by atoms with Crippen LogP contribution in [0.1, 0.15) is 21.5 Å². The molecule has 0 bridgehead atoms. The molecule has 0 aliphatic heterocycles. The van der Waals surface area contributed by atoms with Crippen molar-refractivity contribution < 1.29 is 25.1 Å². The Bertz CT molecular complexity index is 717. The van der Waals surface area contributed by atoms with Gasteiger partial charge in [-0.25, -0.2) is 5.43 Å². The van der Waals surface area contributed by atoms with Crippen LogP contribution in [-0.4, -0.2) is 31.4 Å². The number of aromatic hydroxyl groups is 1. The molecule has 0 fully saturated rings. The zero-order valence-electron chi connectivity index (χ0n) is 13.6. The van der Waals surface area contributed by atoms with Crippen molar-refractivity contribution in [2.75, 3.05) is 14.2 Å². The van der Waals surface area contributed by atoms with Crippen LogP contribution in [0.5, 0.6) is 17.2 Å². The Kier molecular flexibility index (Phi) is 5.75. The van der Waals surface area contributed by atoms with E-state index < -0.39 is 0 Å². The Labute approximate surface area is 139 Å². The summed E-state index contributed by atoms with van der Waals surface area (Å²) in [6.45, 7) is 0.671. The molecule has 0 heterocycles. The predicted molar refractivity (Wildman–Crippen MR) is 89.3 cm³/mol. The van der Waals surface area contributed by atoms with Crippen molar-refractivity contribution in [1.29, 1.82) is 0 Å². The largest absolute Gasteiger partial charge is 0.502 e. The summed E-state index contributed by atoms with van der Waals surface area (Å²) >= 11 is 0. The first-order valence-corrected chi connectivity index (χ1v) is 7.25. The molecule has 7 heteroatoms. The lowest BCUT2D eigenvalue weighted by Gasteiger charge is -2.09. The number of hydrazone groups is 1. The fourth-order valence-corrected chi connectivity index (χ4v) is 2.04. The number of carbonyl (C=O) groups is 1. The van der Waals surface area contributed by atoms with E-state index in [-0.39, 0.29) is 23.2 Å². The van der Waals surface area contributed by atoms with Crippen molar-refractivity contribution in [2.24, 2.45) is 5.10 Å². The van der Waals surface area contributed by atoms with E-state index in [4.69, 9.17) is 9.47 Å². The summed E-state index contributed by atoms with van der Waals surface area (Å²) < 4.78 is 10.1. The predicted octanol–water partition coefficient (Wildman–Crippen LogP) is 0.915. The minimum Gasteiger partial charge on any atom is -0.502 e. The van der Waals surface area contributed by atoms with E-state index >= 15 is 0 Å². The quantitative estimate of drug-likeness (QED) is 0.540. The van der Waals surface area contributed by atoms with Gasteiger partial charge in [0, 0.05) is 16.7 Å². The van der Waals surface area contributed by atoms with Crippen molar-refractivity contribution in [2.45, 2.75) is 6.54 Å². The number of phenolic OH excluding ortho intramolecular Hbond substituents is 1. The highest BCUT2D eigenvalue weighted by Crippen LogP contribution is 2.36. The number of hydrogen-bond donors (Lipinski definition) is 3. The lowest BCUT2D eigenvalue weighted by atomic mass is 10.1. The van der Waals surface area contributed by atoms with Crippen LogP contribution in [0.15, 0.2) is 41.5 Å². The van der Waals surface area contributed by atoms with Crippen LogP contribution >= 0.6 is 0 Å². The van der Waals surface area contributed by atoms with Crippen LogP contribution in [0.25, 0.3) is 0 Å². The van der Waals surface area contributed by atoms with Crippen LogP contribution in [-0.2, 0) is 6.54 Å². The summed E-state index contributed by atoms with van der Waals surface area (Å²) in [6.07, 6.45) is 1.44. The maximum atomic E-state index is 12.0. The molecular weight excluding hydrogens is 310 g/mol. The average Bonchev–Trinajstić information content (AvgIpc) is 2.62. The number of benzene rings is 2. The number of quaternary nitrogens is 1. The first kappa shape index (κ1) is 17.3. The summed E-state index contributed by atoms with van der Waals surface area (Å²) in [6, 6.07) is 10.3. The van der Waals surface area contributed by atoms with Gasteiger partial charge in [0.1, 0.15) is 0 Å². The zero-order valence-corrected chi connectivity index (χ0v) is 13.6. The lowest BCUT2D eigenvalue weighted by Crippen LogP contribution is -2.47. The van der Waals surface area contributed by atoms with Crippen LogP contribution in [0, 0.1) is 0 Å². The van der Waals surface area contributed by atoms with Gasteiger partial charge in [-0.1, -0.05) is 12.1 Å². The smallest absolute Gasteiger partial charge is 0.271 e. The second-order valence-corrected chi connectivity index (χ2v) is 4.92. The molecule has 5 N–H and O–H groups in total. The third-order valence-electron chi connectivity index (χ3n) is 3.39. The minimum absolute atomic E-state index is 0.0910. The second-order valence-electron chi connectivity index (χ2n) is 4.92. The molecule has 0 aromatic heterocycles. The highest BCUT2D eigenvalue weighted by atomic mass is 16.5.